The van der Waals surface area contributed by atoms with E-state index in [9.17, 15) is 0 Å². The lowest BCUT2D eigenvalue weighted by Gasteiger charge is -2.23. The molecule has 0 fully saturated rings. The van der Waals surface area contributed by atoms with Crippen LogP contribution in [0.5, 0.6) is 0 Å². The number of rotatable bonds is 4. The molecule has 2 aromatic rings. The summed E-state index contributed by atoms with van der Waals surface area (Å²) in [4.78, 5) is 6.48. The van der Waals surface area contributed by atoms with Gasteiger partial charge in [0.2, 0.25) is 0 Å². The molecule has 2 rings (SSSR count). The summed E-state index contributed by atoms with van der Waals surface area (Å²) in [5, 5.41) is 9.03. The number of pyridine rings is 1. The van der Waals surface area contributed by atoms with Crippen molar-refractivity contribution in [1.29, 1.82) is 5.26 Å². The molecule has 1 aromatic heterocycles. The molecular formula is C15H16N4. The van der Waals surface area contributed by atoms with Gasteiger partial charge in [-0.15, -0.1) is 0 Å². The molecule has 0 bridgehead atoms. The van der Waals surface area contributed by atoms with Crippen LogP contribution in [0.3, 0.4) is 0 Å². The first kappa shape index (κ1) is 12.9. The van der Waals surface area contributed by atoms with Gasteiger partial charge in [0.25, 0.3) is 0 Å². The fourth-order valence-corrected chi connectivity index (χ4v) is 1.91. The highest BCUT2D eigenvalue weighted by atomic mass is 15.1. The minimum Gasteiger partial charge on any atom is -0.398 e. The monoisotopic (exact) mass is 252 g/mol. The van der Waals surface area contributed by atoms with Gasteiger partial charge in [-0.3, -0.25) is 4.98 Å². The summed E-state index contributed by atoms with van der Waals surface area (Å²) < 4.78 is 0. The van der Waals surface area contributed by atoms with Gasteiger partial charge in [0.15, 0.2) is 0 Å². The maximum atomic E-state index is 9.03. The van der Waals surface area contributed by atoms with E-state index in [2.05, 4.69) is 22.9 Å². The van der Waals surface area contributed by atoms with Crippen molar-refractivity contribution in [3.8, 4) is 6.07 Å². The van der Waals surface area contributed by atoms with Crippen LogP contribution in [0.4, 0.5) is 11.4 Å². The lowest BCUT2D eigenvalue weighted by Crippen LogP contribution is -2.22. The molecule has 96 valence electrons. The third-order valence-electron chi connectivity index (χ3n) is 2.98. The number of nitrogens with two attached hydrogens (primary N) is 1. The third-order valence-corrected chi connectivity index (χ3v) is 2.98. The summed E-state index contributed by atoms with van der Waals surface area (Å²) in [6.45, 7) is 3.63. The summed E-state index contributed by atoms with van der Waals surface area (Å²) in [6.07, 6.45) is 1.78. The molecule has 0 amide bonds. The van der Waals surface area contributed by atoms with Crippen molar-refractivity contribution in [2.24, 2.45) is 0 Å². The van der Waals surface area contributed by atoms with Crippen LogP contribution in [0.1, 0.15) is 18.2 Å². The minimum absolute atomic E-state index is 0.511. The number of benzene rings is 1. The van der Waals surface area contributed by atoms with Crippen LogP contribution >= 0.6 is 0 Å². The van der Waals surface area contributed by atoms with Crippen LogP contribution in [0.25, 0.3) is 0 Å². The number of aromatic nitrogens is 1. The van der Waals surface area contributed by atoms with E-state index in [1.165, 1.54) is 0 Å². The molecule has 0 aliphatic heterocycles. The molecule has 0 aliphatic rings. The van der Waals surface area contributed by atoms with Gasteiger partial charge in [-0.2, -0.15) is 5.26 Å². The number of anilines is 2. The van der Waals surface area contributed by atoms with Crippen LogP contribution in [0.15, 0.2) is 42.6 Å². The summed E-state index contributed by atoms with van der Waals surface area (Å²) in [5.41, 5.74) is 8.75. The second-order valence-corrected chi connectivity index (χ2v) is 4.22. The topological polar surface area (TPSA) is 65.9 Å². The molecule has 0 radical (unpaired) electrons. The number of nitrogens with zero attached hydrogens (tertiary/aromatic N) is 3. The van der Waals surface area contributed by atoms with Crippen LogP contribution in [-0.4, -0.2) is 11.5 Å². The Kier molecular flexibility index (Phi) is 3.99. The molecule has 0 unspecified atom stereocenters. The van der Waals surface area contributed by atoms with Crippen molar-refractivity contribution in [2.45, 2.75) is 13.5 Å². The summed E-state index contributed by atoms with van der Waals surface area (Å²) in [7, 11) is 0. The van der Waals surface area contributed by atoms with Gasteiger partial charge in [-0.05, 0) is 37.3 Å². The first-order valence-corrected chi connectivity index (χ1v) is 6.19. The Balaban J connectivity index is 2.25. The van der Waals surface area contributed by atoms with Crippen molar-refractivity contribution < 1.29 is 0 Å². The van der Waals surface area contributed by atoms with E-state index in [0.29, 0.717) is 17.8 Å². The van der Waals surface area contributed by atoms with Gasteiger partial charge >= 0.3 is 0 Å². The van der Waals surface area contributed by atoms with Gasteiger partial charge in [0.1, 0.15) is 6.07 Å². The van der Waals surface area contributed by atoms with E-state index < -0.39 is 0 Å². The summed E-state index contributed by atoms with van der Waals surface area (Å²) >= 11 is 0. The second kappa shape index (κ2) is 5.87. The largest absolute Gasteiger partial charge is 0.398 e. The predicted molar refractivity (Wildman–Crippen MR) is 76.5 cm³/mol. The van der Waals surface area contributed by atoms with Crippen molar-refractivity contribution in [2.75, 3.05) is 17.2 Å². The summed E-state index contributed by atoms with van der Waals surface area (Å²) in [5.74, 6) is 0. The zero-order valence-electron chi connectivity index (χ0n) is 10.9. The lowest BCUT2D eigenvalue weighted by atomic mass is 10.1. The molecule has 1 aromatic carbocycles. The van der Waals surface area contributed by atoms with E-state index in [0.717, 1.165) is 17.9 Å². The Morgan fingerprint density at radius 2 is 2.16 bits per heavy atom. The van der Waals surface area contributed by atoms with Crippen LogP contribution in [0.2, 0.25) is 0 Å². The quantitative estimate of drug-likeness (QED) is 0.849. The van der Waals surface area contributed by atoms with E-state index in [4.69, 9.17) is 11.0 Å². The Labute approximate surface area is 113 Å². The molecule has 0 spiro atoms. The SMILES string of the molecule is CCN(Cc1ccccn1)c1ccc(N)c(C#N)c1. The lowest BCUT2D eigenvalue weighted by molar-refractivity contribution is 0.809. The molecule has 1 heterocycles. The number of hydrogen-bond acceptors (Lipinski definition) is 4. The van der Waals surface area contributed by atoms with Crippen molar-refractivity contribution >= 4 is 11.4 Å². The number of nitriles is 1. The highest BCUT2D eigenvalue weighted by Crippen LogP contribution is 2.21. The first-order chi connectivity index (χ1) is 9.24. The van der Waals surface area contributed by atoms with E-state index in [1.54, 1.807) is 12.3 Å². The smallest absolute Gasteiger partial charge is 0.101 e. The van der Waals surface area contributed by atoms with Gasteiger partial charge in [-0.1, -0.05) is 6.07 Å². The van der Waals surface area contributed by atoms with Gasteiger partial charge in [0.05, 0.1) is 17.8 Å². The van der Waals surface area contributed by atoms with Crippen molar-refractivity contribution in [1.82, 2.24) is 4.98 Å². The number of hydrogen-bond donors (Lipinski definition) is 1. The maximum Gasteiger partial charge on any atom is 0.101 e. The van der Waals surface area contributed by atoms with Gasteiger partial charge < -0.3 is 10.6 Å². The Morgan fingerprint density at radius 3 is 2.79 bits per heavy atom. The number of nitrogen functional groups attached to an aromatic ring is 1. The zero-order chi connectivity index (χ0) is 13.7. The average molecular weight is 252 g/mol. The van der Waals surface area contributed by atoms with Crippen LogP contribution in [-0.2, 0) is 6.54 Å². The second-order valence-electron chi connectivity index (χ2n) is 4.22. The molecule has 19 heavy (non-hydrogen) atoms. The fourth-order valence-electron chi connectivity index (χ4n) is 1.91. The average Bonchev–Trinajstić information content (AvgIpc) is 2.46. The van der Waals surface area contributed by atoms with Gasteiger partial charge in [-0.25, -0.2) is 0 Å². The van der Waals surface area contributed by atoms with Crippen LogP contribution in [0, 0.1) is 11.3 Å². The van der Waals surface area contributed by atoms with E-state index in [-0.39, 0.29) is 0 Å². The third kappa shape index (κ3) is 3.02. The minimum atomic E-state index is 0.511. The van der Waals surface area contributed by atoms with E-state index in [1.807, 2.05) is 30.3 Å². The Hall–Kier alpha value is -2.54. The molecular weight excluding hydrogens is 236 g/mol. The maximum absolute atomic E-state index is 9.03. The molecule has 0 aliphatic carbocycles. The highest BCUT2D eigenvalue weighted by molar-refractivity contribution is 5.62. The van der Waals surface area contributed by atoms with Gasteiger partial charge in [0, 0.05) is 24.1 Å². The molecule has 2 N–H and O–H groups in total. The van der Waals surface area contributed by atoms with Crippen LogP contribution < -0.4 is 10.6 Å². The van der Waals surface area contributed by atoms with E-state index >= 15 is 0 Å². The normalized spacial score (nSPS) is 9.89. The Morgan fingerprint density at radius 1 is 1.32 bits per heavy atom. The predicted octanol–water partition coefficient (Wildman–Crippen LogP) is 2.56. The zero-order valence-corrected chi connectivity index (χ0v) is 10.9. The molecule has 0 atom stereocenters. The van der Waals surface area contributed by atoms with Crippen molar-refractivity contribution in [3.63, 3.8) is 0 Å². The Bertz CT molecular complexity index is 587. The highest BCUT2D eigenvalue weighted by Gasteiger charge is 2.08. The standard InChI is InChI=1S/C15H16N4/c1-2-19(11-13-5-3-4-8-18-13)14-6-7-15(17)12(9-14)10-16/h3-9H,2,11,17H2,1H3. The molecule has 0 saturated carbocycles. The fraction of sp³-hybridized carbons (Fsp3) is 0.200. The van der Waals surface area contributed by atoms with Crippen molar-refractivity contribution in [3.05, 3.63) is 53.9 Å². The first-order valence-electron chi connectivity index (χ1n) is 6.19. The summed E-state index contributed by atoms with van der Waals surface area (Å²) in [6, 6.07) is 13.5. The molecule has 0 saturated heterocycles. The molecule has 4 heteroatoms. The molecule has 4 nitrogen and oxygen atoms in total.